The highest BCUT2D eigenvalue weighted by Crippen LogP contribution is 2.25. The van der Waals surface area contributed by atoms with Gasteiger partial charge in [-0.2, -0.15) is 0 Å². The van der Waals surface area contributed by atoms with Crippen LogP contribution in [-0.4, -0.2) is 73.9 Å². The number of rotatable bonds is 6. The molecule has 1 unspecified atom stereocenters. The van der Waals surface area contributed by atoms with Crippen LogP contribution in [0.5, 0.6) is 11.5 Å². The Balaban J connectivity index is 1.58. The minimum atomic E-state index is 0.167. The Labute approximate surface area is 162 Å². The molecule has 0 saturated carbocycles. The third-order valence-electron chi connectivity index (χ3n) is 5.94. The fourth-order valence-electron chi connectivity index (χ4n) is 4.23. The Bertz CT molecular complexity index is 606. The van der Waals surface area contributed by atoms with Gasteiger partial charge in [0, 0.05) is 31.8 Å². The van der Waals surface area contributed by atoms with Crippen molar-refractivity contribution in [2.75, 3.05) is 47.0 Å². The summed E-state index contributed by atoms with van der Waals surface area (Å²) in [6, 6.07) is 6.08. The second-order valence-corrected chi connectivity index (χ2v) is 7.70. The van der Waals surface area contributed by atoms with Crippen LogP contribution in [-0.2, 0) is 11.2 Å². The standard InChI is InChI=1S/C21H32N2O4/c1-26-19-10-17(11-20(13-19)27-2)12-21(25)23-7-3-4-18(14-23)22-8-5-16(15-24)6-9-22/h10-11,13,16,18,24H,3-9,12,14-15H2,1-2H3. The predicted octanol–water partition coefficient (Wildman–Crippen LogP) is 1.94. The average molecular weight is 376 g/mol. The lowest BCUT2D eigenvalue weighted by molar-refractivity contribution is -0.132. The molecule has 0 spiro atoms. The molecule has 1 aromatic carbocycles. The number of methoxy groups -OCH3 is 2. The first kappa shape index (κ1) is 20.0. The van der Waals surface area contributed by atoms with Gasteiger partial charge in [0.25, 0.3) is 0 Å². The minimum absolute atomic E-state index is 0.167. The summed E-state index contributed by atoms with van der Waals surface area (Å²) in [6.07, 6.45) is 4.69. The summed E-state index contributed by atoms with van der Waals surface area (Å²) in [7, 11) is 3.24. The minimum Gasteiger partial charge on any atom is -0.497 e. The summed E-state index contributed by atoms with van der Waals surface area (Å²) in [6.45, 7) is 4.01. The lowest BCUT2D eigenvalue weighted by Crippen LogP contribution is -2.52. The number of nitrogens with zero attached hydrogens (tertiary/aromatic N) is 2. The molecule has 1 N–H and O–H groups in total. The van der Waals surface area contributed by atoms with E-state index in [1.165, 1.54) is 0 Å². The highest BCUT2D eigenvalue weighted by Gasteiger charge is 2.30. The second kappa shape index (κ2) is 9.42. The fraction of sp³-hybridized carbons (Fsp3) is 0.667. The van der Waals surface area contributed by atoms with E-state index in [-0.39, 0.29) is 5.91 Å². The van der Waals surface area contributed by atoms with Crippen LogP contribution in [0.25, 0.3) is 0 Å². The van der Waals surface area contributed by atoms with Crippen LogP contribution in [0.1, 0.15) is 31.2 Å². The predicted molar refractivity (Wildman–Crippen MR) is 104 cm³/mol. The molecule has 2 fully saturated rings. The van der Waals surface area contributed by atoms with Crippen LogP contribution in [0, 0.1) is 5.92 Å². The Kier molecular flexibility index (Phi) is 6.96. The van der Waals surface area contributed by atoms with Gasteiger partial charge in [-0.25, -0.2) is 0 Å². The van der Waals surface area contributed by atoms with Gasteiger partial charge in [0.2, 0.25) is 5.91 Å². The molecular weight excluding hydrogens is 344 g/mol. The highest BCUT2D eigenvalue weighted by atomic mass is 16.5. The van der Waals surface area contributed by atoms with Gasteiger partial charge in [0.05, 0.1) is 20.6 Å². The van der Waals surface area contributed by atoms with E-state index in [0.717, 1.165) is 57.4 Å². The van der Waals surface area contributed by atoms with Gasteiger partial charge in [0.15, 0.2) is 0 Å². The first-order valence-electron chi connectivity index (χ1n) is 9.97. The summed E-state index contributed by atoms with van der Waals surface area (Å²) >= 11 is 0. The Morgan fingerprint density at radius 2 is 1.74 bits per heavy atom. The summed E-state index contributed by atoms with van der Waals surface area (Å²) in [5.74, 6) is 2.03. The molecule has 0 aliphatic carbocycles. The summed E-state index contributed by atoms with van der Waals surface area (Å²) in [5, 5.41) is 9.33. The van der Waals surface area contributed by atoms with Crippen LogP contribution in [0.15, 0.2) is 18.2 Å². The number of aliphatic hydroxyl groups is 1. The zero-order valence-electron chi connectivity index (χ0n) is 16.5. The fourth-order valence-corrected chi connectivity index (χ4v) is 4.23. The van der Waals surface area contributed by atoms with Crippen molar-refractivity contribution >= 4 is 5.91 Å². The molecule has 2 aliphatic heterocycles. The van der Waals surface area contributed by atoms with E-state index < -0.39 is 0 Å². The van der Waals surface area contributed by atoms with Crippen LogP contribution >= 0.6 is 0 Å². The molecule has 0 bridgehead atoms. The van der Waals surface area contributed by atoms with Crippen molar-refractivity contribution in [2.24, 2.45) is 5.92 Å². The van der Waals surface area contributed by atoms with Gasteiger partial charge in [-0.3, -0.25) is 9.69 Å². The Hall–Kier alpha value is -1.79. The van der Waals surface area contributed by atoms with Gasteiger partial charge in [-0.1, -0.05) is 0 Å². The van der Waals surface area contributed by atoms with Gasteiger partial charge >= 0.3 is 0 Å². The van der Waals surface area contributed by atoms with Gasteiger partial charge < -0.3 is 19.5 Å². The SMILES string of the molecule is COc1cc(CC(=O)N2CCCC(N3CCC(CO)CC3)C2)cc(OC)c1. The number of ether oxygens (including phenoxy) is 2. The molecule has 2 heterocycles. The number of carbonyl (C=O) groups is 1. The highest BCUT2D eigenvalue weighted by molar-refractivity contribution is 5.79. The molecule has 2 aliphatic rings. The monoisotopic (exact) mass is 376 g/mol. The molecule has 6 heteroatoms. The number of hydrogen-bond acceptors (Lipinski definition) is 5. The molecule has 0 radical (unpaired) electrons. The molecule has 1 atom stereocenters. The van der Waals surface area contributed by atoms with Crippen molar-refractivity contribution in [2.45, 2.75) is 38.1 Å². The quantitative estimate of drug-likeness (QED) is 0.822. The van der Waals surface area contributed by atoms with Crippen molar-refractivity contribution in [3.63, 3.8) is 0 Å². The Morgan fingerprint density at radius 3 is 2.33 bits per heavy atom. The molecule has 27 heavy (non-hydrogen) atoms. The lowest BCUT2D eigenvalue weighted by Gasteiger charge is -2.42. The number of likely N-dealkylation sites (tertiary alicyclic amines) is 2. The maximum atomic E-state index is 12.9. The van der Waals surface area contributed by atoms with E-state index in [4.69, 9.17) is 9.47 Å². The number of hydrogen-bond donors (Lipinski definition) is 1. The van der Waals surface area contributed by atoms with E-state index in [1.54, 1.807) is 14.2 Å². The molecule has 1 amide bonds. The average Bonchev–Trinajstić information content (AvgIpc) is 2.73. The van der Waals surface area contributed by atoms with E-state index in [9.17, 15) is 9.90 Å². The van der Waals surface area contributed by atoms with Crippen molar-refractivity contribution in [3.05, 3.63) is 23.8 Å². The third-order valence-corrected chi connectivity index (χ3v) is 5.94. The molecule has 6 nitrogen and oxygen atoms in total. The number of aliphatic hydroxyl groups excluding tert-OH is 1. The second-order valence-electron chi connectivity index (χ2n) is 7.70. The molecule has 3 rings (SSSR count). The number of benzene rings is 1. The van der Waals surface area contributed by atoms with Crippen LogP contribution < -0.4 is 9.47 Å². The first-order valence-corrected chi connectivity index (χ1v) is 9.97. The third kappa shape index (κ3) is 5.14. The van der Waals surface area contributed by atoms with Crippen LogP contribution in [0.3, 0.4) is 0 Å². The van der Waals surface area contributed by atoms with Crippen molar-refractivity contribution < 1.29 is 19.4 Å². The maximum absolute atomic E-state index is 12.9. The Morgan fingerprint density at radius 1 is 1.07 bits per heavy atom. The largest absolute Gasteiger partial charge is 0.497 e. The zero-order valence-corrected chi connectivity index (χ0v) is 16.5. The zero-order chi connectivity index (χ0) is 19.2. The molecule has 150 valence electrons. The van der Waals surface area contributed by atoms with E-state index in [0.29, 0.717) is 36.5 Å². The van der Waals surface area contributed by atoms with Crippen LogP contribution in [0.2, 0.25) is 0 Å². The topological polar surface area (TPSA) is 62.2 Å². The number of carbonyl (C=O) groups excluding carboxylic acids is 1. The lowest BCUT2D eigenvalue weighted by atomic mass is 9.94. The molecule has 0 aromatic heterocycles. The van der Waals surface area contributed by atoms with Gasteiger partial charge in [0.1, 0.15) is 11.5 Å². The van der Waals surface area contributed by atoms with Crippen LogP contribution in [0.4, 0.5) is 0 Å². The van der Waals surface area contributed by atoms with Crippen molar-refractivity contribution in [1.29, 1.82) is 0 Å². The molecule has 1 aromatic rings. The van der Waals surface area contributed by atoms with Crippen molar-refractivity contribution in [3.8, 4) is 11.5 Å². The first-order chi connectivity index (χ1) is 13.1. The normalized spacial score (nSPS) is 21.9. The van der Waals surface area contributed by atoms with Gasteiger partial charge in [-0.05, 0) is 62.4 Å². The summed E-state index contributed by atoms with van der Waals surface area (Å²) in [5.41, 5.74) is 0.919. The van der Waals surface area contributed by atoms with E-state index in [2.05, 4.69) is 4.90 Å². The maximum Gasteiger partial charge on any atom is 0.227 e. The van der Waals surface area contributed by atoms with E-state index in [1.807, 2.05) is 23.1 Å². The van der Waals surface area contributed by atoms with E-state index >= 15 is 0 Å². The number of amides is 1. The summed E-state index contributed by atoms with van der Waals surface area (Å²) < 4.78 is 10.6. The number of piperidine rings is 2. The smallest absolute Gasteiger partial charge is 0.227 e. The molecular formula is C21H32N2O4. The summed E-state index contributed by atoms with van der Waals surface area (Å²) in [4.78, 5) is 17.4. The van der Waals surface area contributed by atoms with Crippen molar-refractivity contribution in [1.82, 2.24) is 9.80 Å². The molecule has 2 saturated heterocycles. The van der Waals surface area contributed by atoms with Gasteiger partial charge in [-0.15, -0.1) is 0 Å².